The number of carbonyl (C=O) groups is 2. The molecule has 0 heterocycles. The highest BCUT2D eigenvalue weighted by Crippen LogP contribution is 2.19. The van der Waals surface area contributed by atoms with E-state index >= 15 is 0 Å². The fourth-order valence-corrected chi connectivity index (χ4v) is 3.25. The number of aryl methyl sites for hydroxylation is 1. The Hall–Kier alpha value is -2.14. The maximum Gasteiger partial charge on any atom is 0.279 e. The Bertz CT molecular complexity index is 667. The van der Waals surface area contributed by atoms with Gasteiger partial charge in [-0.25, -0.2) is 0 Å². The van der Waals surface area contributed by atoms with Crippen LogP contribution in [0.1, 0.15) is 43.2 Å². The molecular weight excluding hydrogens is 326 g/mol. The van der Waals surface area contributed by atoms with Gasteiger partial charge in [0.15, 0.2) is 13.1 Å². The Labute approximate surface area is 156 Å². The molecule has 0 saturated carbocycles. The molecule has 1 aliphatic rings. The molecule has 0 fully saturated rings. The summed E-state index contributed by atoms with van der Waals surface area (Å²) in [6.45, 7) is 5.28. The number of likely N-dealkylation sites (N-methyl/N-ethyl adjacent to an activating group) is 1. The number of carbonyl (C=O) groups excluding carboxylic acids is 2. The Morgan fingerprint density at radius 3 is 2.62 bits per heavy atom. The van der Waals surface area contributed by atoms with E-state index in [-0.39, 0.29) is 18.4 Å². The first-order valence-electron chi connectivity index (χ1n) is 9.57. The second kappa shape index (κ2) is 10.1. The fraction of sp³-hybridized carbons (Fsp3) is 0.524. The van der Waals surface area contributed by atoms with Gasteiger partial charge in [-0.15, -0.1) is 0 Å². The van der Waals surface area contributed by atoms with E-state index in [1.165, 1.54) is 31.3 Å². The smallest absolute Gasteiger partial charge is 0.279 e. The summed E-state index contributed by atoms with van der Waals surface area (Å²) in [7, 11) is 1.87. The molecule has 1 aromatic rings. The lowest BCUT2D eigenvalue weighted by Crippen LogP contribution is -3.11. The number of anilines is 1. The lowest BCUT2D eigenvalue weighted by atomic mass is 9.97. The predicted molar refractivity (Wildman–Crippen MR) is 105 cm³/mol. The minimum Gasteiger partial charge on any atom is -0.351 e. The second-order valence-corrected chi connectivity index (χ2v) is 7.31. The number of amides is 2. The van der Waals surface area contributed by atoms with Crippen molar-refractivity contribution in [3.05, 3.63) is 41.0 Å². The van der Waals surface area contributed by atoms with Crippen molar-refractivity contribution < 1.29 is 14.5 Å². The second-order valence-electron chi connectivity index (χ2n) is 7.31. The van der Waals surface area contributed by atoms with E-state index < -0.39 is 0 Å². The largest absolute Gasteiger partial charge is 0.351 e. The van der Waals surface area contributed by atoms with E-state index in [9.17, 15) is 9.59 Å². The van der Waals surface area contributed by atoms with Crippen LogP contribution in [-0.2, 0) is 9.59 Å². The Morgan fingerprint density at radius 2 is 1.88 bits per heavy atom. The molecule has 0 aromatic heterocycles. The summed E-state index contributed by atoms with van der Waals surface area (Å²) >= 11 is 0. The molecule has 1 aromatic carbocycles. The number of hydrogen-bond acceptors (Lipinski definition) is 2. The van der Waals surface area contributed by atoms with Crippen molar-refractivity contribution in [3.63, 3.8) is 0 Å². The zero-order valence-corrected chi connectivity index (χ0v) is 16.3. The summed E-state index contributed by atoms with van der Waals surface area (Å²) in [5, 5.41) is 5.91. The molecular formula is C21H32N3O2+. The summed E-state index contributed by atoms with van der Waals surface area (Å²) in [5.74, 6) is -0.0743. The monoisotopic (exact) mass is 358 g/mol. The highest BCUT2D eigenvalue weighted by Gasteiger charge is 2.15. The van der Waals surface area contributed by atoms with E-state index in [4.69, 9.17) is 0 Å². The van der Waals surface area contributed by atoms with Crippen LogP contribution in [0, 0.1) is 13.8 Å². The van der Waals surface area contributed by atoms with Gasteiger partial charge in [-0.05, 0) is 63.1 Å². The number of allylic oxidation sites excluding steroid dienone is 1. The van der Waals surface area contributed by atoms with Gasteiger partial charge in [0.25, 0.3) is 11.8 Å². The fourth-order valence-electron chi connectivity index (χ4n) is 3.25. The van der Waals surface area contributed by atoms with E-state index in [1.807, 2.05) is 39.1 Å². The first-order chi connectivity index (χ1) is 12.5. The molecule has 2 rings (SSSR count). The lowest BCUT2D eigenvalue weighted by molar-refractivity contribution is -0.862. The minimum atomic E-state index is -0.0728. The van der Waals surface area contributed by atoms with Crippen LogP contribution in [0.15, 0.2) is 29.8 Å². The molecule has 142 valence electrons. The Balaban J connectivity index is 1.69. The molecule has 0 aliphatic heterocycles. The summed E-state index contributed by atoms with van der Waals surface area (Å²) in [4.78, 5) is 25.1. The molecule has 0 saturated heterocycles. The molecule has 2 amide bonds. The van der Waals surface area contributed by atoms with Crippen LogP contribution < -0.4 is 15.5 Å². The van der Waals surface area contributed by atoms with Crippen LogP contribution in [0.5, 0.6) is 0 Å². The first-order valence-corrected chi connectivity index (χ1v) is 9.57. The van der Waals surface area contributed by atoms with E-state index in [1.54, 1.807) is 0 Å². The third kappa shape index (κ3) is 6.64. The average Bonchev–Trinajstić information content (AvgIpc) is 2.59. The third-order valence-corrected chi connectivity index (χ3v) is 4.96. The maximum absolute atomic E-state index is 12.2. The van der Waals surface area contributed by atoms with Crippen molar-refractivity contribution in [2.75, 3.05) is 32.0 Å². The Morgan fingerprint density at radius 1 is 1.12 bits per heavy atom. The molecule has 0 bridgehead atoms. The van der Waals surface area contributed by atoms with Crippen molar-refractivity contribution in [1.29, 1.82) is 0 Å². The molecule has 0 radical (unpaired) electrons. The van der Waals surface area contributed by atoms with Gasteiger partial charge in [0.2, 0.25) is 0 Å². The number of benzene rings is 1. The predicted octanol–water partition coefficient (Wildman–Crippen LogP) is 1.76. The van der Waals surface area contributed by atoms with Gasteiger partial charge < -0.3 is 15.5 Å². The molecule has 1 aliphatic carbocycles. The number of rotatable bonds is 8. The third-order valence-electron chi connectivity index (χ3n) is 4.96. The summed E-state index contributed by atoms with van der Waals surface area (Å²) < 4.78 is 0. The highest BCUT2D eigenvalue weighted by molar-refractivity contribution is 5.92. The molecule has 5 heteroatoms. The van der Waals surface area contributed by atoms with Gasteiger partial charge in [-0.2, -0.15) is 0 Å². The zero-order valence-electron chi connectivity index (χ0n) is 16.3. The number of quaternary nitrogens is 1. The SMILES string of the molecule is Cc1cccc(NC(=O)C[NH+](C)CC(=O)NCCC2=CCCCC2)c1C. The van der Waals surface area contributed by atoms with Crippen LogP contribution in [0.4, 0.5) is 5.69 Å². The zero-order chi connectivity index (χ0) is 18.9. The van der Waals surface area contributed by atoms with E-state index in [2.05, 4.69) is 16.7 Å². The van der Waals surface area contributed by atoms with Crippen molar-refractivity contribution in [3.8, 4) is 0 Å². The van der Waals surface area contributed by atoms with Crippen LogP contribution in [0.25, 0.3) is 0 Å². The Kier molecular flexibility index (Phi) is 7.85. The standard InChI is InChI=1S/C21H31N3O2/c1-16-8-7-11-19(17(16)2)23-21(26)15-24(3)14-20(25)22-13-12-18-9-5-4-6-10-18/h7-9,11H,4-6,10,12-15H2,1-3H3,(H,22,25)(H,23,26)/p+1. The van der Waals surface area contributed by atoms with Gasteiger partial charge in [0.05, 0.1) is 7.05 Å². The number of nitrogens with one attached hydrogen (secondary N) is 3. The normalized spacial score (nSPS) is 15.1. The topological polar surface area (TPSA) is 62.6 Å². The molecule has 26 heavy (non-hydrogen) atoms. The van der Waals surface area contributed by atoms with Crippen LogP contribution >= 0.6 is 0 Å². The lowest BCUT2D eigenvalue weighted by Gasteiger charge is -2.16. The van der Waals surface area contributed by atoms with Crippen LogP contribution in [0.3, 0.4) is 0 Å². The van der Waals surface area contributed by atoms with E-state index in [0.717, 1.165) is 28.1 Å². The minimum absolute atomic E-state index is 0.00144. The van der Waals surface area contributed by atoms with Crippen molar-refractivity contribution in [1.82, 2.24) is 5.32 Å². The van der Waals surface area contributed by atoms with Gasteiger partial charge in [-0.1, -0.05) is 23.8 Å². The molecule has 1 atom stereocenters. The van der Waals surface area contributed by atoms with Gasteiger partial charge in [0.1, 0.15) is 0 Å². The average molecular weight is 359 g/mol. The molecule has 0 spiro atoms. The van der Waals surface area contributed by atoms with Gasteiger partial charge in [-0.3, -0.25) is 9.59 Å². The van der Waals surface area contributed by atoms with Crippen molar-refractivity contribution in [2.24, 2.45) is 0 Å². The molecule has 3 N–H and O–H groups in total. The van der Waals surface area contributed by atoms with E-state index in [0.29, 0.717) is 13.1 Å². The maximum atomic E-state index is 12.2. The van der Waals surface area contributed by atoms with Crippen LogP contribution in [0.2, 0.25) is 0 Å². The summed E-state index contributed by atoms with van der Waals surface area (Å²) in [5.41, 5.74) is 4.53. The van der Waals surface area contributed by atoms with Crippen LogP contribution in [-0.4, -0.2) is 38.5 Å². The van der Waals surface area contributed by atoms with Crippen molar-refractivity contribution >= 4 is 17.5 Å². The quantitative estimate of drug-likeness (QED) is 0.620. The summed E-state index contributed by atoms with van der Waals surface area (Å²) in [6, 6.07) is 5.86. The van der Waals surface area contributed by atoms with Gasteiger partial charge >= 0.3 is 0 Å². The number of hydrogen-bond donors (Lipinski definition) is 3. The van der Waals surface area contributed by atoms with Gasteiger partial charge in [0, 0.05) is 12.2 Å². The first kappa shape index (κ1) is 20.2. The molecule has 5 nitrogen and oxygen atoms in total. The summed E-state index contributed by atoms with van der Waals surface area (Å²) in [6.07, 6.45) is 8.14. The molecule has 1 unspecified atom stereocenters. The highest BCUT2D eigenvalue weighted by atomic mass is 16.2. The van der Waals surface area contributed by atoms with Crippen molar-refractivity contribution in [2.45, 2.75) is 46.0 Å².